The summed E-state index contributed by atoms with van der Waals surface area (Å²) in [5.74, 6) is -0.0191. The lowest BCUT2D eigenvalue weighted by Crippen LogP contribution is -2.12. The van der Waals surface area contributed by atoms with E-state index in [2.05, 4.69) is 25.4 Å². The second kappa shape index (κ2) is 5.79. The summed E-state index contributed by atoms with van der Waals surface area (Å²) >= 11 is 0. The summed E-state index contributed by atoms with van der Waals surface area (Å²) in [6.07, 6.45) is -4.67. The van der Waals surface area contributed by atoms with Crippen molar-refractivity contribution in [2.24, 2.45) is 0 Å². The molecule has 26 heavy (non-hydrogen) atoms. The Kier molecular flexibility index (Phi) is 3.56. The molecule has 0 spiro atoms. The lowest BCUT2D eigenvalue weighted by atomic mass is 10.2. The first kappa shape index (κ1) is 16.0. The lowest BCUT2D eigenvalue weighted by molar-refractivity contribution is -0.146. The molecule has 4 rings (SSSR count). The van der Waals surface area contributed by atoms with E-state index in [1.54, 1.807) is 31.2 Å². The fourth-order valence-corrected chi connectivity index (χ4v) is 2.21. The molecule has 0 bridgehead atoms. The molecule has 3 aromatic heterocycles. The molecule has 0 saturated heterocycles. The minimum atomic E-state index is -4.67. The first-order valence-electron chi connectivity index (χ1n) is 7.28. The van der Waals surface area contributed by atoms with E-state index >= 15 is 0 Å². The van der Waals surface area contributed by atoms with Gasteiger partial charge in [0.2, 0.25) is 17.6 Å². The van der Waals surface area contributed by atoms with Crippen LogP contribution in [-0.4, -0.2) is 30.0 Å². The smallest absolute Gasteiger partial charge is 0.438 e. The maximum atomic E-state index is 12.9. The van der Waals surface area contributed by atoms with Gasteiger partial charge in [0.25, 0.3) is 5.82 Å². The zero-order valence-electron chi connectivity index (χ0n) is 13.1. The lowest BCUT2D eigenvalue weighted by Gasteiger charge is -2.07. The molecule has 0 N–H and O–H groups in total. The molecule has 11 heteroatoms. The first-order chi connectivity index (χ1) is 12.4. The molecule has 0 atom stereocenters. The van der Waals surface area contributed by atoms with E-state index in [1.165, 1.54) is 12.1 Å². The molecule has 8 nitrogen and oxygen atoms in total. The Bertz CT molecular complexity index is 1070. The summed E-state index contributed by atoms with van der Waals surface area (Å²) < 4.78 is 49.7. The van der Waals surface area contributed by atoms with Crippen LogP contribution in [0.5, 0.6) is 11.6 Å². The van der Waals surface area contributed by atoms with Crippen molar-refractivity contribution in [3.05, 3.63) is 48.1 Å². The van der Waals surface area contributed by atoms with Crippen molar-refractivity contribution in [1.82, 2.24) is 30.0 Å². The summed E-state index contributed by atoms with van der Waals surface area (Å²) in [6.45, 7) is 1.68. The van der Waals surface area contributed by atoms with Gasteiger partial charge in [0.1, 0.15) is 5.75 Å². The Balaban J connectivity index is 1.61. The van der Waals surface area contributed by atoms with Crippen molar-refractivity contribution in [2.75, 3.05) is 0 Å². The van der Waals surface area contributed by atoms with Gasteiger partial charge in [-0.1, -0.05) is 5.16 Å². The van der Waals surface area contributed by atoms with Gasteiger partial charge in [-0.3, -0.25) is 0 Å². The van der Waals surface area contributed by atoms with E-state index in [9.17, 15) is 13.2 Å². The van der Waals surface area contributed by atoms with Gasteiger partial charge >= 0.3 is 6.18 Å². The van der Waals surface area contributed by atoms with Crippen molar-refractivity contribution < 1.29 is 22.4 Å². The highest BCUT2D eigenvalue weighted by molar-refractivity contribution is 5.55. The van der Waals surface area contributed by atoms with Crippen LogP contribution < -0.4 is 4.74 Å². The highest BCUT2D eigenvalue weighted by atomic mass is 19.4. The molecule has 132 valence electrons. The molecule has 1 aromatic carbocycles. The number of hydrogen-bond acceptors (Lipinski definition) is 7. The molecular weight excluding hydrogens is 353 g/mol. The molecule has 0 amide bonds. The van der Waals surface area contributed by atoms with E-state index in [1.807, 2.05) is 0 Å². The van der Waals surface area contributed by atoms with Crippen LogP contribution in [0, 0.1) is 6.92 Å². The van der Waals surface area contributed by atoms with Crippen LogP contribution in [0.4, 0.5) is 13.2 Å². The average Bonchev–Trinajstić information content (AvgIpc) is 3.21. The number of halogens is 3. The molecule has 0 fully saturated rings. The maximum absolute atomic E-state index is 12.9. The Morgan fingerprint density at radius 3 is 2.46 bits per heavy atom. The Labute approximate surface area is 143 Å². The second-order valence-corrected chi connectivity index (χ2v) is 5.23. The van der Waals surface area contributed by atoms with Gasteiger partial charge in [-0.2, -0.15) is 22.7 Å². The third-order valence-corrected chi connectivity index (χ3v) is 3.35. The quantitative estimate of drug-likeness (QED) is 0.552. The van der Waals surface area contributed by atoms with Crippen LogP contribution in [-0.2, 0) is 6.18 Å². The van der Waals surface area contributed by atoms with Gasteiger partial charge in [-0.15, -0.1) is 15.3 Å². The van der Waals surface area contributed by atoms with Gasteiger partial charge in [-0.25, -0.2) is 0 Å². The molecule has 3 heterocycles. The zero-order valence-corrected chi connectivity index (χ0v) is 13.1. The van der Waals surface area contributed by atoms with E-state index < -0.39 is 12.0 Å². The van der Waals surface area contributed by atoms with Crippen LogP contribution in [0.3, 0.4) is 0 Å². The molecule has 0 aliphatic carbocycles. The molecule has 0 saturated carbocycles. The fraction of sp³-hybridized carbons (Fsp3) is 0.133. The van der Waals surface area contributed by atoms with Crippen LogP contribution in [0.1, 0.15) is 11.7 Å². The Hall–Kier alpha value is -3.50. The Morgan fingerprint density at radius 1 is 1.04 bits per heavy atom. The van der Waals surface area contributed by atoms with Gasteiger partial charge in [-0.05, 0) is 30.3 Å². The van der Waals surface area contributed by atoms with Crippen molar-refractivity contribution >= 4 is 5.65 Å². The predicted molar refractivity (Wildman–Crippen MR) is 80.3 cm³/mol. The van der Waals surface area contributed by atoms with E-state index in [-0.39, 0.29) is 11.5 Å². The predicted octanol–water partition coefficient (Wildman–Crippen LogP) is 3.29. The third kappa shape index (κ3) is 2.94. The number of nitrogens with zero attached hydrogens (tertiary/aromatic N) is 6. The van der Waals surface area contributed by atoms with Gasteiger partial charge < -0.3 is 9.26 Å². The number of hydrogen-bond donors (Lipinski definition) is 0. The number of aromatic nitrogens is 6. The number of aryl methyl sites for hydroxylation is 1. The molecule has 0 unspecified atom stereocenters. The summed E-state index contributed by atoms with van der Waals surface area (Å²) in [5, 5.41) is 14.1. The van der Waals surface area contributed by atoms with Crippen molar-refractivity contribution in [3.8, 4) is 23.0 Å². The topological polar surface area (TPSA) is 91.2 Å². The largest absolute Gasteiger partial charge is 0.453 e. The summed E-state index contributed by atoms with van der Waals surface area (Å²) in [6, 6.07) is 9.35. The molecule has 0 aliphatic heterocycles. The number of benzene rings is 1. The standard InChI is InChI=1S/C15H9F3N6O2/c1-8-19-13(23-26-8)9-2-4-10(5-3-9)25-12-7-6-11-20-21-14(15(16,17)18)24(11)22-12/h2-7H,1H3. The molecule has 0 aliphatic rings. The van der Waals surface area contributed by atoms with Crippen LogP contribution in [0.15, 0.2) is 40.9 Å². The number of fused-ring (bicyclic) bond motifs is 1. The van der Waals surface area contributed by atoms with Crippen LogP contribution in [0.2, 0.25) is 0 Å². The summed E-state index contributed by atoms with van der Waals surface area (Å²) in [5.41, 5.74) is 0.670. The average molecular weight is 362 g/mol. The monoisotopic (exact) mass is 362 g/mol. The van der Waals surface area contributed by atoms with Gasteiger partial charge in [0, 0.05) is 18.6 Å². The molecular formula is C15H9F3N6O2. The number of alkyl halides is 3. The van der Waals surface area contributed by atoms with E-state index in [0.717, 1.165) is 0 Å². The SMILES string of the molecule is Cc1nc(-c2ccc(Oc3ccc4nnc(C(F)(F)F)n4n3)cc2)no1. The van der Waals surface area contributed by atoms with Gasteiger partial charge in [0.15, 0.2) is 5.65 Å². The van der Waals surface area contributed by atoms with Crippen LogP contribution >= 0.6 is 0 Å². The highest BCUT2D eigenvalue weighted by Gasteiger charge is 2.37. The number of rotatable bonds is 3. The van der Waals surface area contributed by atoms with E-state index in [4.69, 9.17) is 9.26 Å². The summed E-state index contributed by atoms with van der Waals surface area (Å²) in [4.78, 5) is 4.10. The van der Waals surface area contributed by atoms with Crippen LogP contribution in [0.25, 0.3) is 17.0 Å². The first-order valence-corrected chi connectivity index (χ1v) is 7.28. The number of ether oxygens (including phenoxy) is 1. The normalized spacial score (nSPS) is 11.8. The van der Waals surface area contributed by atoms with E-state index in [0.29, 0.717) is 27.5 Å². The second-order valence-electron chi connectivity index (χ2n) is 5.23. The molecule has 4 aromatic rings. The van der Waals surface area contributed by atoms with Crippen molar-refractivity contribution in [2.45, 2.75) is 13.1 Å². The van der Waals surface area contributed by atoms with Gasteiger partial charge in [0.05, 0.1) is 0 Å². The zero-order chi connectivity index (χ0) is 18.3. The third-order valence-electron chi connectivity index (χ3n) is 3.35. The highest BCUT2D eigenvalue weighted by Crippen LogP contribution is 2.28. The maximum Gasteiger partial charge on any atom is 0.453 e. The van der Waals surface area contributed by atoms with Crippen molar-refractivity contribution in [3.63, 3.8) is 0 Å². The molecule has 0 radical (unpaired) electrons. The fourth-order valence-electron chi connectivity index (χ4n) is 2.21. The summed E-state index contributed by atoms with van der Waals surface area (Å²) in [7, 11) is 0. The van der Waals surface area contributed by atoms with Crippen molar-refractivity contribution in [1.29, 1.82) is 0 Å². The Morgan fingerprint density at radius 2 is 1.81 bits per heavy atom. The minimum absolute atomic E-state index is 0.0347. The minimum Gasteiger partial charge on any atom is -0.438 e.